The van der Waals surface area contributed by atoms with Gasteiger partial charge in [0.05, 0.1) is 25.2 Å². The second-order valence-corrected chi connectivity index (χ2v) is 5.32. The normalized spacial score (nSPS) is 14.5. The number of amides is 1. The van der Waals surface area contributed by atoms with Crippen molar-refractivity contribution in [1.82, 2.24) is 14.9 Å². The second kappa shape index (κ2) is 6.46. The number of carbonyl (C=O) groups is 1. The van der Waals surface area contributed by atoms with E-state index in [1.807, 2.05) is 0 Å². The number of halogens is 3. The molecule has 0 saturated heterocycles. The molecular formula is C16H14F3N3O2. The summed E-state index contributed by atoms with van der Waals surface area (Å²) in [5.41, 5.74) is -0.145. The predicted molar refractivity (Wildman–Crippen MR) is 78.1 cm³/mol. The van der Waals surface area contributed by atoms with Crippen LogP contribution >= 0.6 is 0 Å². The molecule has 0 unspecified atom stereocenters. The Kier molecular flexibility index (Phi) is 4.37. The van der Waals surface area contributed by atoms with Crippen LogP contribution in [0, 0.1) is 0 Å². The predicted octanol–water partition coefficient (Wildman–Crippen LogP) is 2.46. The van der Waals surface area contributed by atoms with E-state index >= 15 is 0 Å². The molecule has 0 atom stereocenters. The number of rotatable bonds is 2. The molecule has 5 nitrogen and oxygen atoms in total. The zero-order valence-corrected chi connectivity index (χ0v) is 12.6. The summed E-state index contributed by atoms with van der Waals surface area (Å²) >= 11 is 0. The Morgan fingerprint density at radius 1 is 1.25 bits per heavy atom. The average Bonchev–Trinajstić information content (AvgIpc) is 2.76. The lowest BCUT2D eigenvalue weighted by molar-refractivity contribution is -0.141. The monoisotopic (exact) mass is 337 g/mol. The number of hydrogen-bond donors (Lipinski definition) is 0. The molecule has 0 N–H and O–H groups in total. The third-order valence-electron chi connectivity index (χ3n) is 3.59. The van der Waals surface area contributed by atoms with Gasteiger partial charge in [-0.25, -0.2) is 9.97 Å². The van der Waals surface area contributed by atoms with E-state index in [1.165, 1.54) is 17.0 Å². The van der Waals surface area contributed by atoms with Crippen molar-refractivity contribution in [2.75, 3.05) is 13.2 Å². The molecule has 126 valence electrons. The molecule has 24 heavy (non-hydrogen) atoms. The number of alkyl halides is 3. The van der Waals surface area contributed by atoms with Gasteiger partial charge in [0.25, 0.3) is 0 Å². The fraction of sp³-hybridized carbons (Fsp3) is 0.312. The molecule has 0 aromatic carbocycles. The van der Waals surface area contributed by atoms with Crippen LogP contribution in [0.5, 0.6) is 5.88 Å². The summed E-state index contributed by atoms with van der Waals surface area (Å²) in [6.07, 6.45) is -3.12. The molecule has 1 aliphatic heterocycles. The van der Waals surface area contributed by atoms with Gasteiger partial charge in [0.2, 0.25) is 11.8 Å². The zero-order valence-electron chi connectivity index (χ0n) is 12.6. The molecule has 0 spiro atoms. The Bertz CT molecular complexity index is 749. The Morgan fingerprint density at radius 3 is 2.88 bits per heavy atom. The smallest absolute Gasteiger partial charge is 0.433 e. The number of carbonyl (C=O) groups excluding carboxylic acids is 1. The molecular weight excluding hydrogens is 323 g/mol. The summed E-state index contributed by atoms with van der Waals surface area (Å²) in [5, 5.41) is 0. The van der Waals surface area contributed by atoms with Crippen molar-refractivity contribution < 1.29 is 22.7 Å². The maximum atomic E-state index is 12.7. The average molecular weight is 337 g/mol. The zero-order chi connectivity index (χ0) is 17.2. The summed E-state index contributed by atoms with van der Waals surface area (Å²) in [5.74, 6) is 0.173. The van der Waals surface area contributed by atoms with Crippen molar-refractivity contribution in [1.29, 1.82) is 0 Å². The van der Waals surface area contributed by atoms with E-state index in [0.29, 0.717) is 19.0 Å². The molecule has 1 aliphatic rings. The van der Waals surface area contributed by atoms with E-state index in [0.717, 1.165) is 11.6 Å². The minimum Gasteiger partial charge on any atom is -0.476 e. The van der Waals surface area contributed by atoms with Gasteiger partial charge in [0.15, 0.2) is 0 Å². The van der Waals surface area contributed by atoms with Gasteiger partial charge >= 0.3 is 6.18 Å². The topological polar surface area (TPSA) is 55.3 Å². The quantitative estimate of drug-likeness (QED) is 0.845. The highest BCUT2D eigenvalue weighted by Gasteiger charge is 2.32. The van der Waals surface area contributed by atoms with Crippen LogP contribution in [-0.4, -0.2) is 33.9 Å². The maximum Gasteiger partial charge on any atom is 0.433 e. The standard InChI is InChI=1S/C16H14F3N3O2/c17-16(18,19)13-5-1-4-12(21-13)9-14(23)22-7-8-24-15-11(10-22)3-2-6-20-15/h1-6H,7-10H2. The minimum absolute atomic E-state index is 0.0893. The summed E-state index contributed by atoms with van der Waals surface area (Å²) < 4.78 is 43.6. The van der Waals surface area contributed by atoms with Crippen LogP contribution < -0.4 is 4.74 Å². The number of aromatic nitrogens is 2. The highest BCUT2D eigenvalue weighted by atomic mass is 19.4. The number of fused-ring (bicyclic) bond motifs is 1. The van der Waals surface area contributed by atoms with E-state index in [9.17, 15) is 18.0 Å². The van der Waals surface area contributed by atoms with Crippen molar-refractivity contribution in [2.24, 2.45) is 0 Å². The van der Waals surface area contributed by atoms with Crippen LogP contribution in [0.3, 0.4) is 0 Å². The second-order valence-electron chi connectivity index (χ2n) is 5.32. The summed E-state index contributed by atoms with van der Waals surface area (Å²) in [7, 11) is 0. The number of pyridine rings is 2. The van der Waals surface area contributed by atoms with Crippen molar-refractivity contribution in [2.45, 2.75) is 19.1 Å². The number of hydrogen-bond acceptors (Lipinski definition) is 4. The van der Waals surface area contributed by atoms with Crippen molar-refractivity contribution in [3.63, 3.8) is 0 Å². The first-order valence-corrected chi connectivity index (χ1v) is 7.31. The Morgan fingerprint density at radius 2 is 2.08 bits per heavy atom. The maximum absolute atomic E-state index is 12.7. The molecule has 2 aromatic heterocycles. The Balaban J connectivity index is 1.74. The molecule has 3 heterocycles. The number of ether oxygens (including phenoxy) is 1. The van der Waals surface area contributed by atoms with E-state index in [4.69, 9.17) is 4.74 Å². The van der Waals surface area contributed by atoms with E-state index in [2.05, 4.69) is 9.97 Å². The molecule has 0 fully saturated rings. The van der Waals surface area contributed by atoms with Gasteiger partial charge in [0, 0.05) is 11.8 Å². The highest BCUT2D eigenvalue weighted by molar-refractivity contribution is 5.78. The SMILES string of the molecule is O=C(Cc1cccc(C(F)(F)F)n1)N1CCOc2ncccc2C1. The van der Waals surface area contributed by atoms with Crippen LogP contribution in [0.25, 0.3) is 0 Å². The van der Waals surface area contributed by atoms with Gasteiger partial charge in [0.1, 0.15) is 12.3 Å². The first kappa shape index (κ1) is 16.2. The third-order valence-corrected chi connectivity index (χ3v) is 3.59. The Labute approximate surface area is 136 Å². The van der Waals surface area contributed by atoms with E-state index < -0.39 is 11.9 Å². The van der Waals surface area contributed by atoms with Gasteiger partial charge in [-0.3, -0.25) is 4.79 Å². The van der Waals surface area contributed by atoms with E-state index in [1.54, 1.807) is 18.3 Å². The number of nitrogens with zero attached hydrogens (tertiary/aromatic N) is 3. The van der Waals surface area contributed by atoms with Crippen LogP contribution in [0.1, 0.15) is 17.0 Å². The van der Waals surface area contributed by atoms with Crippen molar-refractivity contribution in [3.05, 3.63) is 53.5 Å². The van der Waals surface area contributed by atoms with Gasteiger partial charge in [-0.15, -0.1) is 0 Å². The molecule has 0 bridgehead atoms. The van der Waals surface area contributed by atoms with Gasteiger partial charge in [-0.1, -0.05) is 12.1 Å². The van der Waals surface area contributed by atoms with Crippen LogP contribution in [-0.2, 0) is 23.9 Å². The van der Waals surface area contributed by atoms with Crippen molar-refractivity contribution >= 4 is 5.91 Å². The molecule has 0 saturated carbocycles. The minimum atomic E-state index is -4.53. The lowest BCUT2D eigenvalue weighted by Gasteiger charge is -2.19. The first-order chi connectivity index (χ1) is 11.4. The third kappa shape index (κ3) is 3.64. The fourth-order valence-corrected chi connectivity index (χ4v) is 2.43. The van der Waals surface area contributed by atoms with Gasteiger partial charge in [-0.2, -0.15) is 13.2 Å². The van der Waals surface area contributed by atoms with Crippen LogP contribution in [0.4, 0.5) is 13.2 Å². The summed E-state index contributed by atoms with van der Waals surface area (Å²) in [6, 6.07) is 7.09. The summed E-state index contributed by atoms with van der Waals surface area (Å²) in [6.45, 7) is 0.931. The molecule has 0 aliphatic carbocycles. The summed E-state index contributed by atoms with van der Waals surface area (Å²) in [4.78, 5) is 21.6. The molecule has 8 heteroatoms. The molecule has 3 rings (SSSR count). The van der Waals surface area contributed by atoms with Gasteiger partial charge in [-0.05, 0) is 18.2 Å². The molecule has 2 aromatic rings. The van der Waals surface area contributed by atoms with Crippen molar-refractivity contribution in [3.8, 4) is 5.88 Å². The first-order valence-electron chi connectivity index (χ1n) is 7.31. The van der Waals surface area contributed by atoms with Crippen LogP contribution in [0.15, 0.2) is 36.5 Å². The molecule has 0 radical (unpaired) electrons. The Hall–Kier alpha value is -2.64. The van der Waals surface area contributed by atoms with Crippen LogP contribution in [0.2, 0.25) is 0 Å². The fourth-order valence-electron chi connectivity index (χ4n) is 2.43. The lowest BCUT2D eigenvalue weighted by atomic mass is 10.2. The molecule has 1 amide bonds. The highest BCUT2D eigenvalue weighted by Crippen LogP contribution is 2.27. The van der Waals surface area contributed by atoms with E-state index in [-0.39, 0.29) is 24.6 Å². The lowest BCUT2D eigenvalue weighted by Crippen LogP contribution is -2.33. The largest absolute Gasteiger partial charge is 0.476 e. The van der Waals surface area contributed by atoms with Gasteiger partial charge < -0.3 is 9.64 Å².